The lowest BCUT2D eigenvalue weighted by atomic mass is 9.83. The van der Waals surface area contributed by atoms with Crippen LogP contribution in [0.5, 0.6) is 0 Å². The SMILES string of the molecule is CC(C)(CCN)CCC(=O)Cc1cccc(Br)c1. The van der Waals surface area contributed by atoms with Crippen LogP contribution in [0.1, 0.15) is 38.7 Å². The van der Waals surface area contributed by atoms with Crippen LogP contribution in [0.15, 0.2) is 28.7 Å². The van der Waals surface area contributed by atoms with Crippen molar-refractivity contribution in [2.45, 2.75) is 39.5 Å². The molecule has 1 rings (SSSR count). The van der Waals surface area contributed by atoms with E-state index in [0.717, 1.165) is 22.9 Å². The quantitative estimate of drug-likeness (QED) is 0.834. The van der Waals surface area contributed by atoms with Gasteiger partial charge in [-0.2, -0.15) is 0 Å². The molecule has 0 aliphatic carbocycles. The van der Waals surface area contributed by atoms with Gasteiger partial charge in [-0.15, -0.1) is 0 Å². The lowest BCUT2D eigenvalue weighted by molar-refractivity contribution is -0.119. The van der Waals surface area contributed by atoms with Gasteiger partial charge in [-0.25, -0.2) is 0 Å². The van der Waals surface area contributed by atoms with Crippen molar-refractivity contribution in [1.29, 1.82) is 0 Å². The molecule has 0 saturated heterocycles. The molecule has 0 aliphatic heterocycles. The summed E-state index contributed by atoms with van der Waals surface area (Å²) in [5.74, 6) is 0.304. The molecule has 3 heteroatoms. The second-order valence-corrected chi connectivity index (χ2v) is 6.46. The van der Waals surface area contributed by atoms with E-state index in [9.17, 15) is 4.79 Å². The van der Waals surface area contributed by atoms with Crippen molar-refractivity contribution in [2.24, 2.45) is 11.1 Å². The minimum atomic E-state index is 0.168. The van der Waals surface area contributed by atoms with E-state index in [-0.39, 0.29) is 5.41 Å². The zero-order chi connectivity index (χ0) is 13.6. The van der Waals surface area contributed by atoms with E-state index in [1.807, 2.05) is 24.3 Å². The highest BCUT2D eigenvalue weighted by Crippen LogP contribution is 2.26. The fourth-order valence-electron chi connectivity index (χ4n) is 1.96. The molecule has 0 unspecified atom stereocenters. The first-order valence-corrected chi connectivity index (χ1v) is 7.18. The second kappa shape index (κ2) is 7.05. The molecular weight excluding hydrogens is 290 g/mol. The topological polar surface area (TPSA) is 43.1 Å². The number of ketones is 1. The lowest BCUT2D eigenvalue weighted by Crippen LogP contribution is -2.18. The predicted molar refractivity (Wildman–Crippen MR) is 79.5 cm³/mol. The van der Waals surface area contributed by atoms with Gasteiger partial charge < -0.3 is 5.73 Å². The highest BCUT2D eigenvalue weighted by molar-refractivity contribution is 9.10. The van der Waals surface area contributed by atoms with Crippen LogP contribution in [-0.2, 0) is 11.2 Å². The van der Waals surface area contributed by atoms with Gasteiger partial charge in [0.05, 0.1) is 0 Å². The summed E-state index contributed by atoms with van der Waals surface area (Å²) in [4.78, 5) is 11.9. The molecule has 2 N–H and O–H groups in total. The number of Topliss-reactive ketones (excluding diaryl/α,β-unsaturated/α-hetero) is 1. The fourth-order valence-corrected chi connectivity index (χ4v) is 2.40. The maximum atomic E-state index is 11.9. The Morgan fingerprint density at radius 2 is 2.06 bits per heavy atom. The van der Waals surface area contributed by atoms with Gasteiger partial charge in [-0.1, -0.05) is 41.9 Å². The predicted octanol–water partition coefficient (Wildman–Crippen LogP) is 3.72. The zero-order valence-electron chi connectivity index (χ0n) is 11.2. The van der Waals surface area contributed by atoms with Gasteiger partial charge in [0.15, 0.2) is 0 Å². The maximum absolute atomic E-state index is 11.9. The van der Waals surface area contributed by atoms with E-state index < -0.39 is 0 Å². The third-order valence-electron chi connectivity index (χ3n) is 3.19. The summed E-state index contributed by atoms with van der Waals surface area (Å²) in [6, 6.07) is 7.93. The van der Waals surface area contributed by atoms with Crippen molar-refractivity contribution in [1.82, 2.24) is 0 Å². The van der Waals surface area contributed by atoms with Gasteiger partial charge in [-0.05, 0) is 42.5 Å². The molecule has 18 heavy (non-hydrogen) atoms. The number of nitrogens with two attached hydrogens (primary N) is 1. The van der Waals surface area contributed by atoms with Crippen LogP contribution in [0.3, 0.4) is 0 Å². The molecule has 2 nitrogen and oxygen atoms in total. The van der Waals surface area contributed by atoms with Gasteiger partial charge in [0.1, 0.15) is 5.78 Å². The molecule has 0 saturated carbocycles. The molecular formula is C15H22BrNO. The molecule has 100 valence electrons. The van der Waals surface area contributed by atoms with Crippen LogP contribution in [0.4, 0.5) is 0 Å². The monoisotopic (exact) mass is 311 g/mol. The van der Waals surface area contributed by atoms with Gasteiger partial charge >= 0.3 is 0 Å². The van der Waals surface area contributed by atoms with E-state index in [1.54, 1.807) is 0 Å². The van der Waals surface area contributed by atoms with Crippen LogP contribution in [0.2, 0.25) is 0 Å². The van der Waals surface area contributed by atoms with E-state index in [4.69, 9.17) is 5.73 Å². The molecule has 0 amide bonds. The van der Waals surface area contributed by atoms with E-state index >= 15 is 0 Å². The van der Waals surface area contributed by atoms with Crippen molar-refractivity contribution in [3.8, 4) is 0 Å². The number of hydrogen-bond donors (Lipinski definition) is 1. The van der Waals surface area contributed by atoms with Gasteiger partial charge in [0.2, 0.25) is 0 Å². The van der Waals surface area contributed by atoms with Gasteiger partial charge in [-0.3, -0.25) is 4.79 Å². The smallest absolute Gasteiger partial charge is 0.137 e. The Bertz CT molecular complexity index is 401. The number of hydrogen-bond acceptors (Lipinski definition) is 2. The summed E-state index contributed by atoms with van der Waals surface area (Å²) in [5, 5.41) is 0. The average Bonchev–Trinajstić information content (AvgIpc) is 2.26. The van der Waals surface area contributed by atoms with Crippen molar-refractivity contribution < 1.29 is 4.79 Å². The minimum Gasteiger partial charge on any atom is -0.330 e. The highest BCUT2D eigenvalue weighted by Gasteiger charge is 2.18. The number of rotatable bonds is 7. The van der Waals surface area contributed by atoms with E-state index in [2.05, 4.69) is 29.8 Å². The minimum absolute atomic E-state index is 0.168. The molecule has 0 radical (unpaired) electrons. The highest BCUT2D eigenvalue weighted by atomic mass is 79.9. The molecule has 0 aromatic heterocycles. The van der Waals surface area contributed by atoms with Crippen LogP contribution < -0.4 is 5.73 Å². The summed E-state index contributed by atoms with van der Waals surface area (Å²) in [6.45, 7) is 5.03. The third-order valence-corrected chi connectivity index (χ3v) is 3.69. The molecule has 0 fully saturated rings. The first-order chi connectivity index (χ1) is 8.43. The number of carbonyl (C=O) groups is 1. The summed E-state index contributed by atoms with van der Waals surface area (Å²) in [6.07, 6.45) is 3.05. The molecule has 0 aliphatic rings. The molecule has 0 spiro atoms. The van der Waals surface area contributed by atoms with Gasteiger partial charge in [0, 0.05) is 17.3 Å². The standard InChI is InChI=1S/C15H22BrNO/c1-15(2,8-9-17)7-6-14(18)11-12-4-3-5-13(16)10-12/h3-5,10H,6-9,11,17H2,1-2H3. The number of benzene rings is 1. The summed E-state index contributed by atoms with van der Waals surface area (Å²) in [5.41, 5.74) is 6.81. The maximum Gasteiger partial charge on any atom is 0.137 e. The molecule has 1 aromatic rings. The molecule has 1 aromatic carbocycles. The normalized spacial score (nSPS) is 11.6. The van der Waals surface area contributed by atoms with Crippen LogP contribution >= 0.6 is 15.9 Å². The van der Waals surface area contributed by atoms with Crippen molar-refractivity contribution >= 4 is 21.7 Å². The largest absolute Gasteiger partial charge is 0.330 e. The van der Waals surface area contributed by atoms with E-state index in [0.29, 0.717) is 25.2 Å². The second-order valence-electron chi connectivity index (χ2n) is 5.55. The van der Waals surface area contributed by atoms with Crippen molar-refractivity contribution in [3.63, 3.8) is 0 Å². The van der Waals surface area contributed by atoms with Gasteiger partial charge in [0.25, 0.3) is 0 Å². The van der Waals surface area contributed by atoms with Crippen molar-refractivity contribution in [2.75, 3.05) is 6.54 Å². The number of halogens is 1. The first-order valence-electron chi connectivity index (χ1n) is 6.39. The lowest BCUT2D eigenvalue weighted by Gasteiger charge is -2.23. The Balaban J connectivity index is 2.43. The third kappa shape index (κ3) is 5.78. The summed E-state index contributed by atoms with van der Waals surface area (Å²) >= 11 is 3.42. The zero-order valence-corrected chi connectivity index (χ0v) is 12.8. The molecule has 0 atom stereocenters. The van der Waals surface area contributed by atoms with Crippen LogP contribution in [-0.4, -0.2) is 12.3 Å². The Labute approximate surface area is 118 Å². The fraction of sp³-hybridized carbons (Fsp3) is 0.533. The number of carbonyl (C=O) groups excluding carboxylic acids is 1. The Morgan fingerprint density at radius 1 is 1.33 bits per heavy atom. The summed E-state index contributed by atoms with van der Waals surface area (Å²) in [7, 11) is 0. The Hall–Kier alpha value is -0.670. The molecule has 0 bridgehead atoms. The molecule has 0 heterocycles. The Morgan fingerprint density at radius 3 is 2.67 bits per heavy atom. The van der Waals surface area contributed by atoms with E-state index in [1.165, 1.54) is 0 Å². The van der Waals surface area contributed by atoms with Crippen molar-refractivity contribution in [3.05, 3.63) is 34.3 Å². The van der Waals surface area contributed by atoms with Crippen LogP contribution in [0, 0.1) is 5.41 Å². The Kier molecular flexibility index (Phi) is 6.03. The first kappa shape index (κ1) is 15.4. The van der Waals surface area contributed by atoms with Crippen LogP contribution in [0.25, 0.3) is 0 Å². The average molecular weight is 312 g/mol. The summed E-state index contributed by atoms with van der Waals surface area (Å²) < 4.78 is 1.02.